The van der Waals surface area contributed by atoms with Crippen molar-refractivity contribution in [3.63, 3.8) is 0 Å². The Balaban J connectivity index is 0.00000140. The molecule has 28 heavy (non-hydrogen) atoms. The summed E-state index contributed by atoms with van der Waals surface area (Å²) in [5.74, 6) is 1.08. The average Bonchev–Trinajstić information content (AvgIpc) is 3.44. The number of nitrogens with two attached hydrogens (primary N) is 1. The molecule has 1 fully saturated rings. The summed E-state index contributed by atoms with van der Waals surface area (Å²) >= 11 is 0. The van der Waals surface area contributed by atoms with Gasteiger partial charge in [0.2, 0.25) is 0 Å². The van der Waals surface area contributed by atoms with Gasteiger partial charge in [-0.15, -0.1) is 24.8 Å². The normalized spacial score (nSPS) is 13.9. The SMILES string of the molecule is Cl.Cl.NC(CNC(=O)c1cccc(OCc2cn3ccccc3n2)c1)C1CC1. The van der Waals surface area contributed by atoms with Crippen molar-refractivity contribution in [2.75, 3.05) is 6.54 Å². The van der Waals surface area contributed by atoms with E-state index in [1.54, 1.807) is 12.1 Å². The van der Waals surface area contributed by atoms with Gasteiger partial charge in [-0.3, -0.25) is 4.79 Å². The maximum absolute atomic E-state index is 12.3. The lowest BCUT2D eigenvalue weighted by atomic mass is 10.1. The zero-order valence-corrected chi connectivity index (χ0v) is 16.9. The van der Waals surface area contributed by atoms with Crippen LogP contribution in [0.2, 0.25) is 0 Å². The molecule has 0 spiro atoms. The van der Waals surface area contributed by atoms with Crippen LogP contribution in [0.4, 0.5) is 0 Å². The molecular weight excluding hydrogens is 399 g/mol. The number of amides is 1. The van der Waals surface area contributed by atoms with Crippen molar-refractivity contribution in [1.82, 2.24) is 14.7 Å². The predicted octanol–water partition coefficient (Wildman–Crippen LogP) is 3.22. The van der Waals surface area contributed by atoms with E-state index in [1.165, 1.54) is 12.8 Å². The van der Waals surface area contributed by atoms with Crippen molar-refractivity contribution < 1.29 is 9.53 Å². The van der Waals surface area contributed by atoms with Gasteiger partial charge < -0.3 is 20.2 Å². The molecule has 0 bridgehead atoms. The number of fused-ring (bicyclic) bond motifs is 1. The molecule has 150 valence electrons. The summed E-state index contributed by atoms with van der Waals surface area (Å²) in [5, 5.41) is 2.90. The third kappa shape index (κ3) is 5.38. The molecule has 2 heterocycles. The average molecular weight is 423 g/mol. The summed E-state index contributed by atoms with van der Waals surface area (Å²) in [5.41, 5.74) is 8.32. The standard InChI is InChI=1S/C20H22N4O2.2ClH/c21-18(14-7-8-14)11-22-20(25)15-4-3-5-17(10-15)26-13-16-12-24-9-2-1-6-19(24)23-16;;/h1-6,9-10,12,14,18H,7-8,11,13,21H2,(H,22,25);2*1H. The van der Waals surface area contributed by atoms with Gasteiger partial charge in [0.25, 0.3) is 5.91 Å². The molecule has 0 aliphatic heterocycles. The Hall–Kier alpha value is -2.28. The van der Waals surface area contributed by atoms with E-state index in [9.17, 15) is 4.79 Å². The third-order valence-electron chi connectivity index (χ3n) is 4.62. The maximum Gasteiger partial charge on any atom is 0.251 e. The number of aromatic nitrogens is 2. The predicted molar refractivity (Wildman–Crippen MR) is 113 cm³/mol. The highest BCUT2D eigenvalue weighted by atomic mass is 35.5. The summed E-state index contributed by atoms with van der Waals surface area (Å²) in [4.78, 5) is 16.8. The highest BCUT2D eigenvalue weighted by molar-refractivity contribution is 5.94. The Bertz CT molecular complexity index is 894. The van der Waals surface area contributed by atoms with Crippen LogP contribution in [0.3, 0.4) is 0 Å². The first kappa shape index (κ1) is 22.0. The van der Waals surface area contributed by atoms with Gasteiger partial charge in [-0.1, -0.05) is 12.1 Å². The fourth-order valence-electron chi connectivity index (χ4n) is 2.94. The molecule has 6 nitrogen and oxygen atoms in total. The Morgan fingerprint density at radius 3 is 2.82 bits per heavy atom. The quantitative estimate of drug-likeness (QED) is 0.612. The van der Waals surface area contributed by atoms with Gasteiger partial charge in [-0.25, -0.2) is 4.98 Å². The van der Waals surface area contributed by atoms with Crippen molar-refractivity contribution in [2.45, 2.75) is 25.5 Å². The van der Waals surface area contributed by atoms with Gasteiger partial charge in [0, 0.05) is 30.5 Å². The number of halogens is 2. The number of rotatable bonds is 7. The van der Waals surface area contributed by atoms with Gasteiger partial charge in [0.15, 0.2) is 0 Å². The first-order valence-electron chi connectivity index (χ1n) is 8.88. The Morgan fingerprint density at radius 2 is 2.07 bits per heavy atom. The lowest BCUT2D eigenvalue weighted by Gasteiger charge is -2.12. The number of pyridine rings is 1. The molecule has 1 aliphatic carbocycles. The second-order valence-electron chi connectivity index (χ2n) is 6.73. The van der Waals surface area contributed by atoms with Crippen molar-refractivity contribution in [3.05, 3.63) is 66.1 Å². The Morgan fingerprint density at radius 1 is 1.25 bits per heavy atom. The van der Waals surface area contributed by atoms with E-state index in [0.29, 0.717) is 30.4 Å². The van der Waals surface area contributed by atoms with Gasteiger partial charge in [0.1, 0.15) is 18.0 Å². The lowest BCUT2D eigenvalue weighted by Crippen LogP contribution is -2.38. The fourth-order valence-corrected chi connectivity index (χ4v) is 2.94. The van der Waals surface area contributed by atoms with Gasteiger partial charge in [-0.05, 0) is 49.1 Å². The van der Waals surface area contributed by atoms with Crippen LogP contribution < -0.4 is 15.8 Å². The highest BCUT2D eigenvalue weighted by Crippen LogP contribution is 2.31. The summed E-state index contributed by atoms with van der Waals surface area (Å²) in [6.45, 7) is 0.856. The fraction of sp³-hybridized carbons (Fsp3) is 0.300. The van der Waals surface area contributed by atoms with E-state index in [2.05, 4.69) is 10.3 Å². The van der Waals surface area contributed by atoms with Crippen LogP contribution in [0.15, 0.2) is 54.9 Å². The Kier molecular flexibility index (Phi) is 7.69. The summed E-state index contributed by atoms with van der Waals surface area (Å²) in [6, 6.07) is 13.1. The van der Waals surface area contributed by atoms with E-state index < -0.39 is 0 Å². The van der Waals surface area contributed by atoms with E-state index in [-0.39, 0.29) is 36.8 Å². The Labute approximate surface area is 176 Å². The van der Waals surface area contributed by atoms with E-state index in [1.807, 2.05) is 47.1 Å². The maximum atomic E-state index is 12.3. The van der Waals surface area contributed by atoms with E-state index >= 15 is 0 Å². The number of benzene rings is 1. The molecule has 3 N–H and O–H groups in total. The number of carbonyl (C=O) groups excluding carboxylic acids is 1. The molecule has 4 rings (SSSR count). The number of carbonyl (C=O) groups is 1. The number of ether oxygens (including phenoxy) is 1. The van der Waals surface area contributed by atoms with Crippen molar-refractivity contribution in [2.24, 2.45) is 11.7 Å². The van der Waals surface area contributed by atoms with Crippen molar-refractivity contribution in [3.8, 4) is 5.75 Å². The third-order valence-corrected chi connectivity index (χ3v) is 4.62. The van der Waals surface area contributed by atoms with Crippen molar-refractivity contribution in [1.29, 1.82) is 0 Å². The van der Waals surface area contributed by atoms with Gasteiger partial charge in [-0.2, -0.15) is 0 Å². The summed E-state index contributed by atoms with van der Waals surface area (Å²) in [6.07, 6.45) is 6.22. The van der Waals surface area contributed by atoms with Crippen LogP contribution >= 0.6 is 24.8 Å². The minimum Gasteiger partial charge on any atom is -0.487 e. The summed E-state index contributed by atoms with van der Waals surface area (Å²) in [7, 11) is 0. The molecule has 1 saturated carbocycles. The van der Waals surface area contributed by atoms with Crippen LogP contribution in [0.5, 0.6) is 5.75 Å². The highest BCUT2D eigenvalue weighted by Gasteiger charge is 2.28. The van der Waals surface area contributed by atoms with Crippen LogP contribution in [0, 0.1) is 5.92 Å². The molecule has 1 unspecified atom stereocenters. The lowest BCUT2D eigenvalue weighted by molar-refractivity contribution is 0.0950. The zero-order valence-electron chi connectivity index (χ0n) is 15.3. The summed E-state index contributed by atoms with van der Waals surface area (Å²) < 4.78 is 7.76. The first-order valence-corrected chi connectivity index (χ1v) is 8.88. The van der Waals surface area contributed by atoms with Crippen LogP contribution in [0.1, 0.15) is 28.9 Å². The second-order valence-corrected chi connectivity index (χ2v) is 6.73. The minimum absolute atomic E-state index is 0. The molecule has 2 aromatic heterocycles. The number of nitrogens with one attached hydrogen (secondary N) is 1. The molecule has 3 aromatic rings. The van der Waals surface area contributed by atoms with E-state index in [0.717, 1.165) is 11.3 Å². The molecule has 0 radical (unpaired) electrons. The molecule has 1 atom stereocenters. The second kappa shape index (κ2) is 9.78. The topological polar surface area (TPSA) is 81.6 Å². The molecule has 1 amide bonds. The van der Waals surface area contributed by atoms with Crippen LogP contribution in [-0.2, 0) is 6.61 Å². The van der Waals surface area contributed by atoms with E-state index in [4.69, 9.17) is 10.5 Å². The van der Waals surface area contributed by atoms with Gasteiger partial charge >= 0.3 is 0 Å². The number of hydrogen-bond donors (Lipinski definition) is 2. The molecular formula is C20H24Cl2N4O2. The largest absolute Gasteiger partial charge is 0.487 e. The number of nitrogens with zero attached hydrogens (tertiary/aromatic N) is 2. The number of hydrogen-bond acceptors (Lipinski definition) is 4. The molecule has 1 aliphatic rings. The van der Waals surface area contributed by atoms with Crippen molar-refractivity contribution >= 4 is 36.4 Å². The molecule has 8 heteroatoms. The molecule has 1 aromatic carbocycles. The van der Waals surface area contributed by atoms with Gasteiger partial charge in [0.05, 0.1) is 5.69 Å². The van der Waals surface area contributed by atoms with Crippen LogP contribution in [-0.4, -0.2) is 27.9 Å². The zero-order chi connectivity index (χ0) is 17.9. The molecule has 0 saturated heterocycles. The van der Waals surface area contributed by atoms with Crippen LogP contribution in [0.25, 0.3) is 5.65 Å². The smallest absolute Gasteiger partial charge is 0.251 e. The minimum atomic E-state index is -0.126. The monoisotopic (exact) mass is 422 g/mol. The number of imidazole rings is 1. The first-order chi connectivity index (χ1) is 12.7.